The molecular weight excluding hydrogens is 387 g/mol. The Labute approximate surface area is 172 Å². The van der Waals surface area contributed by atoms with Crippen molar-refractivity contribution in [3.05, 3.63) is 107 Å². The number of halogens is 1. The first-order valence-electron chi connectivity index (χ1n) is 9.16. The summed E-state index contributed by atoms with van der Waals surface area (Å²) in [5.74, 6) is -2.45. The van der Waals surface area contributed by atoms with E-state index in [0.717, 1.165) is 23.3 Å². The number of hydrogen-bond donors (Lipinski definition) is 2. The van der Waals surface area contributed by atoms with E-state index in [4.69, 9.17) is 4.74 Å². The van der Waals surface area contributed by atoms with Crippen LogP contribution in [0.2, 0.25) is 0 Å². The molecule has 152 valence electrons. The van der Waals surface area contributed by atoms with Crippen LogP contribution in [0.3, 0.4) is 0 Å². The fourth-order valence-corrected chi connectivity index (χ4v) is 2.73. The minimum absolute atomic E-state index is 0.170. The van der Waals surface area contributed by atoms with Gasteiger partial charge in [-0.15, -0.1) is 0 Å². The van der Waals surface area contributed by atoms with Crippen LogP contribution in [-0.2, 0) is 16.0 Å². The van der Waals surface area contributed by atoms with Gasteiger partial charge in [-0.1, -0.05) is 48.5 Å². The van der Waals surface area contributed by atoms with Crippen LogP contribution in [-0.4, -0.2) is 24.4 Å². The van der Waals surface area contributed by atoms with E-state index in [9.17, 15) is 18.8 Å². The van der Waals surface area contributed by atoms with Gasteiger partial charge in [0.25, 0.3) is 11.8 Å². The molecule has 0 aliphatic carbocycles. The number of nitrogens with one attached hydrogen (secondary N) is 2. The molecule has 0 bridgehead atoms. The minimum atomic E-state index is -0.709. The molecule has 0 saturated carbocycles. The van der Waals surface area contributed by atoms with Gasteiger partial charge in [-0.05, 0) is 47.9 Å². The summed E-state index contributed by atoms with van der Waals surface area (Å²) < 4.78 is 18.0. The van der Waals surface area contributed by atoms with Crippen LogP contribution < -0.4 is 10.9 Å². The van der Waals surface area contributed by atoms with Gasteiger partial charge in [0.1, 0.15) is 5.82 Å². The predicted molar refractivity (Wildman–Crippen MR) is 108 cm³/mol. The lowest BCUT2D eigenvalue weighted by Crippen LogP contribution is -2.43. The maximum Gasteiger partial charge on any atom is 0.338 e. The van der Waals surface area contributed by atoms with Gasteiger partial charge in [0.2, 0.25) is 0 Å². The Kier molecular flexibility index (Phi) is 6.89. The molecule has 30 heavy (non-hydrogen) atoms. The fourth-order valence-electron chi connectivity index (χ4n) is 2.73. The summed E-state index contributed by atoms with van der Waals surface area (Å²) in [7, 11) is 0. The number of amides is 2. The van der Waals surface area contributed by atoms with E-state index in [1.54, 1.807) is 12.1 Å². The molecule has 0 atom stereocenters. The molecule has 6 nitrogen and oxygen atoms in total. The third-order valence-electron chi connectivity index (χ3n) is 4.23. The molecule has 0 saturated heterocycles. The van der Waals surface area contributed by atoms with E-state index < -0.39 is 30.2 Å². The monoisotopic (exact) mass is 406 g/mol. The third-order valence-corrected chi connectivity index (χ3v) is 4.23. The molecule has 0 heterocycles. The summed E-state index contributed by atoms with van der Waals surface area (Å²) in [6.07, 6.45) is 0.548. The van der Waals surface area contributed by atoms with E-state index in [1.165, 1.54) is 12.1 Å². The summed E-state index contributed by atoms with van der Waals surface area (Å²) >= 11 is 0. The second-order valence-corrected chi connectivity index (χ2v) is 6.40. The van der Waals surface area contributed by atoms with E-state index in [-0.39, 0.29) is 5.56 Å². The molecule has 0 spiro atoms. The predicted octanol–water partition coefficient (Wildman–Crippen LogP) is 3.03. The maximum atomic E-state index is 12.9. The topological polar surface area (TPSA) is 84.5 Å². The van der Waals surface area contributed by atoms with Gasteiger partial charge in [0.15, 0.2) is 6.61 Å². The number of esters is 1. The Bertz CT molecular complexity index is 1040. The molecule has 3 aromatic carbocycles. The van der Waals surface area contributed by atoms with Crippen molar-refractivity contribution in [3.63, 3.8) is 0 Å². The van der Waals surface area contributed by atoms with Crippen molar-refractivity contribution in [2.45, 2.75) is 6.42 Å². The number of hydrogen-bond acceptors (Lipinski definition) is 4. The number of benzene rings is 3. The normalized spacial score (nSPS) is 10.2. The second kappa shape index (κ2) is 9.97. The molecule has 0 radical (unpaired) electrons. The second-order valence-electron chi connectivity index (χ2n) is 6.40. The van der Waals surface area contributed by atoms with Crippen molar-refractivity contribution in [1.82, 2.24) is 10.9 Å². The summed E-state index contributed by atoms with van der Waals surface area (Å²) in [6.45, 7) is -0.567. The SMILES string of the molecule is O=C(COC(=O)c1ccccc1Cc1ccccc1)NNC(=O)c1ccc(F)cc1. The Morgan fingerprint density at radius 2 is 1.47 bits per heavy atom. The number of carbonyl (C=O) groups is 3. The largest absolute Gasteiger partial charge is 0.452 e. The van der Waals surface area contributed by atoms with Crippen molar-refractivity contribution in [1.29, 1.82) is 0 Å². The lowest BCUT2D eigenvalue weighted by molar-refractivity contribution is -0.125. The van der Waals surface area contributed by atoms with Crippen LogP contribution in [0.15, 0.2) is 78.9 Å². The van der Waals surface area contributed by atoms with Crippen LogP contribution in [0.5, 0.6) is 0 Å². The molecule has 0 aliphatic rings. The van der Waals surface area contributed by atoms with Crippen molar-refractivity contribution >= 4 is 17.8 Å². The summed E-state index contributed by atoms with van der Waals surface area (Å²) in [4.78, 5) is 36.2. The Morgan fingerprint density at radius 1 is 0.800 bits per heavy atom. The van der Waals surface area contributed by atoms with E-state index in [0.29, 0.717) is 12.0 Å². The van der Waals surface area contributed by atoms with E-state index in [1.807, 2.05) is 42.5 Å². The van der Waals surface area contributed by atoms with Gasteiger partial charge in [-0.25, -0.2) is 9.18 Å². The van der Waals surface area contributed by atoms with Crippen LogP contribution in [0, 0.1) is 5.82 Å². The first-order chi connectivity index (χ1) is 14.5. The van der Waals surface area contributed by atoms with Crippen LogP contribution in [0.1, 0.15) is 31.8 Å². The van der Waals surface area contributed by atoms with Gasteiger partial charge >= 0.3 is 5.97 Å². The summed E-state index contributed by atoms with van der Waals surface area (Å²) in [6, 6.07) is 21.5. The molecule has 2 amide bonds. The fraction of sp³-hybridized carbons (Fsp3) is 0.0870. The van der Waals surface area contributed by atoms with Crippen molar-refractivity contribution < 1.29 is 23.5 Å². The van der Waals surface area contributed by atoms with Crippen LogP contribution >= 0.6 is 0 Å². The number of rotatable bonds is 6. The zero-order valence-corrected chi connectivity index (χ0v) is 15.9. The van der Waals surface area contributed by atoms with Crippen molar-refractivity contribution in [2.75, 3.05) is 6.61 Å². The molecule has 0 fully saturated rings. The quantitative estimate of drug-likeness (QED) is 0.487. The van der Waals surface area contributed by atoms with Gasteiger partial charge in [-0.3, -0.25) is 20.4 Å². The van der Waals surface area contributed by atoms with Gasteiger partial charge in [-0.2, -0.15) is 0 Å². The highest BCUT2D eigenvalue weighted by Gasteiger charge is 2.15. The molecule has 3 aromatic rings. The van der Waals surface area contributed by atoms with Gasteiger partial charge in [0.05, 0.1) is 5.56 Å². The average Bonchev–Trinajstić information content (AvgIpc) is 2.77. The average molecular weight is 406 g/mol. The zero-order valence-electron chi connectivity index (χ0n) is 15.9. The number of carbonyl (C=O) groups excluding carboxylic acids is 3. The molecule has 3 rings (SSSR count). The highest BCUT2D eigenvalue weighted by molar-refractivity contribution is 5.96. The van der Waals surface area contributed by atoms with Gasteiger partial charge in [0, 0.05) is 5.56 Å². The third kappa shape index (κ3) is 5.75. The molecule has 2 N–H and O–H groups in total. The van der Waals surface area contributed by atoms with E-state index >= 15 is 0 Å². The number of ether oxygens (including phenoxy) is 1. The first-order valence-corrected chi connectivity index (χ1v) is 9.16. The maximum absolute atomic E-state index is 12.9. The minimum Gasteiger partial charge on any atom is -0.452 e. The van der Waals surface area contributed by atoms with Crippen molar-refractivity contribution in [3.8, 4) is 0 Å². The lowest BCUT2D eigenvalue weighted by atomic mass is 10.00. The van der Waals surface area contributed by atoms with Crippen LogP contribution in [0.4, 0.5) is 4.39 Å². The standard InChI is InChI=1S/C23H19FN2O4/c24-19-12-10-17(11-13-19)22(28)26-25-21(27)15-30-23(29)20-9-5-4-8-18(20)14-16-6-2-1-3-7-16/h1-13H,14-15H2,(H,25,27)(H,26,28). The lowest BCUT2D eigenvalue weighted by Gasteiger charge is -2.11. The zero-order chi connectivity index (χ0) is 21.3. The Balaban J connectivity index is 1.52. The Hall–Kier alpha value is -4.00. The Morgan fingerprint density at radius 3 is 2.20 bits per heavy atom. The summed E-state index contributed by atoms with van der Waals surface area (Å²) in [5, 5.41) is 0. The highest BCUT2D eigenvalue weighted by Crippen LogP contribution is 2.15. The molecule has 0 aliphatic heterocycles. The molecule has 7 heteroatoms. The molecule has 0 unspecified atom stereocenters. The molecule has 0 aromatic heterocycles. The van der Waals surface area contributed by atoms with E-state index in [2.05, 4.69) is 10.9 Å². The summed E-state index contributed by atoms with van der Waals surface area (Å²) in [5.41, 5.74) is 6.67. The first kappa shape index (κ1) is 20.7. The number of hydrazine groups is 1. The molecular formula is C23H19FN2O4. The smallest absolute Gasteiger partial charge is 0.338 e. The van der Waals surface area contributed by atoms with Crippen molar-refractivity contribution in [2.24, 2.45) is 0 Å². The van der Waals surface area contributed by atoms with Crippen LogP contribution in [0.25, 0.3) is 0 Å². The van der Waals surface area contributed by atoms with Gasteiger partial charge < -0.3 is 4.74 Å². The highest BCUT2D eigenvalue weighted by atomic mass is 19.1.